The molecule has 152 valence electrons. The van der Waals surface area contributed by atoms with Crippen molar-refractivity contribution in [1.29, 1.82) is 0 Å². The largest absolute Gasteiger partial charge is 0.482 e. The Morgan fingerprint density at radius 3 is 2.40 bits per heavy atom. The Kier molecular flexibility index (Phi) is 6.01. The van der Waals surface area contributed by atoms with Crippen LogP contribution in [0, 0.1) is 0 Å². The summed E-state index contributed by atoms with van der Waals surface area (Å²) < 4.78 is 16.6. The van der Waals surface area contributed by atoms with Gasteiger partial charge in [0.05, 0.1) is 4.70 Å². The monoisotopic (exact) mass is 480 g/mol. The first kappa shape index (κ1) is 20.8. The van der Waals surface area contributed by atoms with Crippen LogP contribution in [0.3, 0.4) is 0 Å². The topological polar surface area (TPSA) is 65.7 Å². The fourth-order valence-electron chi connectivity index (χ4n) is 2.75. The maximum Gasteiger partial charge on any atom is 0.396 e. The summed E-state index contributed by atoms with van der Waals surface area (Å²) in [5, 5.41) is 1.42. The number of benzene rings is 3. The number of esters is 1. The molecule has 4 aromatic rings. The number of hydrogen-bond acceptors (Lipinski definition) is 6. The fraction of sp³-hybridized carbons (Fsp3) is 0.0476. The van der Waals surface area contributed by atoms with Gasteiger partial charge in [0.15, 0.2) is 12.2 Å². The molecule has 0 fully saturated rings. The fourth-order valence-corrected chi connectivity index (χ4v) is 3.99. The van der Waals surface area contributed by atoms with Gasteiger partial charge in [-0.15, -0.1) is 0 Å². The van der Waals surface area contributed by atoms with Crippen molar-refractivity contribution in [1.82, 2.24) is 0 Å². The summed E-state index contributed by atoms with van der Waals surface area (Å²) in [6, 6.07) is 14.6. The smallest absolute Gasteiger partial charge is 0.396 e. The molecule has 30 heavy (non-hydrogen) atoms. The van der Waals surface area contributed by atoms with Gasteiger partial charge in [-0.2, -0.15) is 0 Å². The maximum atomic E-state index is 12.3. The zero-order chi connectivity index (χ0) is 21.3. The summed E-state index contributed by atoms with van der Waals surface area (Å²) >= 11 is 19.1. The van der Waals surface area contributed by atoms with Gasteiger partial charge in [0, 0.05) is 32.3 Å². The molecule has 0 radical (unpaired) electrons. The Bertz CT molecular complexity index is 1290. The van der Waals surface area contributed by atoms with Crippen LogP contribution in [0.25, 0.3) is 21.4 Å². The second-order valence-corrected chi connectivity index (χ2v) is 8.35. The van der Waals surface area contributed by atoms with Gasteiger partial charge in [-0.3, -0.25) is 0 Å². The molecule has 1 aromatic heterocycles. The molecule has 0 aliphatic heterocycles. The Balaban J connectivity index is 1.63. The van der Waals surface area contributed by atoms with Gasteiger partial charge in [-0.05, 0) is 48.5 Å². The van der Waals surface area contributed by atoms with E-state index in [1.165, 1.54) is 0 Å². The van der Waals surface area contributed by atoms with Crippen molar-refractivity contribution in [3.05, 3.63) is 79.4 Å². The van der Waals surface area contributed by atoms with Gasteiger partial charge in [0.25, 0.3) is 0 Å². The van der Waals surface area contributed by atoms with E-state index in [1.54, 1.807) is 54.6 Å². The first-order chi connectivity index (χ1) is 14.4. The van der Waals surface area contributed by atoms with E-state index in [4.69, 9.17) is 48.7 Å². The highest BCUT2D eigenvalue weighted by Gasteiger charge is 2.17. The molecule has 0 saturated carbocycles. The molecule has 0 amide bonds. The molecule has 0 spiro atoms. The molecular weight excluding hydrogens is 471 g/mol. The summed E-state index contributed by atoms with van der Waals surface area (Å²) in [4.78, 5) is 23.6. The van der Waals surface area contributed by atoms with Crippen molar-refractivity contribution < 1.29 is 18.7 Å². The minimum Gasteiger partial charge on any atom is -0.482 e. The zero-order valence-electron chi connectivity index (χ0n) is 15.0. The highest BCUT2D eigenvalue weighted by Crippen LogP contribution is 2.38. The summed E-state index contributed by atoms with van der Waals surface area (Å²) in [6.07, 6.45) is 0. The van der Waals surface area contributed by atoms with Gasteiger partial charge < -0.3 is 13.9 Å². The van der Waals surface area contributed by atoms with Crippen LogP contribution in [0.4, 0.5) is 0 Å². The van der Waals surface area contributed by atoms with Crippen molar-refractivity contribution in [3.63, 3.8) is 0 Å². The SMILES string of the molecule is O=C(COc1ccc(Cl)cc1)Oc1cc(-c2cc(Cl)ccc2Cl)c2oc(=O)sc2c1. The molecule has 1 heterocycles. The van der Waals surface area contributed by atoms with E-state index >= 15 is 0 Å². The standard InChI is InChI=1S/C21H11Cl3O5S/c22-11-1-4-13(5-2-11)27-10-19(25)28-14-8-16(15-7-12(23)3-6-17(15)24)20-18(9-14)30-21(26)29-20/h1-9H,10H2. The zero-order valence-corrected chi connectivity index (χ0v) is 18.1. The lowest BCUT2D eigenvalue weighted by Gasteiger charge is -2.10. The third kappa shape index (κ3) is 4.63. The average molecular weight is 482 g/mol. The normalized spacial score (nSPS) is 10.9. The van der Waals surface area contributed by atoms with Crippen molar-refractivity contribution in [2.75, 3.05) is 6.61 Å². The van der Waals surface area contributed by atoms with E-state index in [-0.39, 0.29) is 12.4 Å². The van der Waals surface area contributed by atoms with Gasteiger partial charge in [-0.25, -0.2) is 9.59 Å². The second-order valence-electron chi connectivity index (χ2n) is 6.09. The van der Waals surface area contributed by atoms with Crippen LogP contribution in [-0.4, -0.2) is 12.6 Å². The number of carbonyl (C=O) groups is 1. The summed E-state index contributed by atoms with van der Waals surface area (Å²) in [5.41, 5.74) is 1.37. The molecule has 4 rings (SSSR count). The van der Waals surface area contributed by atoms with E-state index in [2.05, 4.69) is 0 Å². The van der Waals surface area contributed by atoms with Gasteiger partial charge in [0.2, 0.25) is 0 Å². The third-order valence-electron chi connectivity index (χ3n) is 4.03. The molecule has 0 aliphatic carbocycles. The van der Waals surface area contributed by atoms with Gasteiger partial charge in [0.1, 0.15) is 11.5 Å². The van der Waals surface area contributed by atoms with Crippen LogP contribution in [0.2, 0.25) is 15.1 Å². The van der Waals surface area contributed by atoms with Gasteiger partial charge >= 0.3 is 10.9 Å². The molecule has 0 saturated heterocycles. The quantitative estimate of drug-likeness (QED) is 0.241. The first-order valence-electron chi connectivity index (χ1n) is 8.51. The number of ether oxygens (including phenoxy) is 2. The van der Waals surface area contributed by atoms with Crippen molar-refractivity contribution in [2.24, 2.45) is 0 Å². The molecule has 9 heteroatoms. The van der Waals surface area contributed by atoms with Crippen molar-refractivity contribution in [3.8, 4) is 22.6 Å². The Morgan fingerprint density at radius 1 is 0.900 bits per heavy atom. The van der Waals surface area contributed by atoms with Crippen LogP contribution in [0.15, 0.2) is 63.8 Å². The Hall–Kier alpha value is -2.51. The van der Waals surface area contributed by atoms with Crippen LogP contribution in [0.1, 0.15) is 0 Å². The summed E-state index contributed by atoms with van der Waals surface area (Å²) in [6.45, 7) is -0.311. The summed E-state index contributed by atoms with van der Waals surface area (Å²) in [5.74, 6) is 0.0739. The molecule has 3 aromatic carbocycles. The lowest BCUT2D eigenvalue weighted by Crippen LogP contribution is -2.17. The van der Waals surface area contributed by atoms with E-state index in [0.29, 0.717) is 42.2 Å². The molecule has 5 nitrogen and oxygen atoms in total. The molecule has 0 unspecified atom stereocenters. The summed E-state index contributed by atoms with van der Waals surface area (Å²) in [7, 11) is 0. The van der Waals surface area contributed by atoms with Crippen LogP contribution >= 0.6 is 46.1 Å². The number of carbonyl (C=O) groups excluding carboxylic acids is 1. The van der Waals surface area contributed by atoms with Crippen LogP contribution in [0.5, 0.6) is 11.5 Å². The van der Waals surface area contributed by atoms with E-state index in [0.717, 1.165) is 11.3 Å². The lowest BCUT2D eigenvalue weighted by molar-refractivity contribution is -0.136. The average Bonchev–Trinajstić information content (AvgIpc) is 3.09. The number of halogens is 3. The highest BCUT2D eigenvalue weighted by atomic mass is 35.5. The Morgan fingerprint density at radius 2 is 1.63 bits per heavy atom. The number of fused-ring (bicyclic) bond motifs is 1. The van der Waals surface area contributed by atoms with E-state index in [1.807, 2.05) is 0 Å². The molecule has 0 bridgehead atoms. The van der Waals surface area contributed by atoms with E-state index in [9.17, 15) is 9.59 Å². The minimum absolute atomic E-state index is 0.218. The number of hydrogen-bond donors (Lipinski definition) is 0. The third-order valence-corrected chi connectivity index (χ3v) is 5.62. The minimum atomic E-state index is -0.622. The van der Waals surface area contributed by atoms with Crippen LogP contribution < -0.4 is 14.4 Å². The van der Waals surface area contributed by atoms with Crippen LogP contribution in [-0.2, 0) is 4.79 Å². The van der Waals surface area contributed by atoms with Gasteiger partial charge in [-0.1, -0.05) is 46.1 Å². The molecule has 0 atom stereocenters. The molecule has 0 aliphatic rings. The molecular formula is C21H11Cl3O5S. The predicted octanol–water partition coefficient (Wildman–Crippen LogP) is 6.47. The highest BCUT2D eigenvalue weighted by molar-refractivity contribution is 7.16. The second kappa shape index (κ2) is 8.70. The first-order valence-corrected chi connectivity index (χ1v) is 10.5. The maximum absolute atomic E-state index is 12.3. The predicted molar refractivity (Wildman–Crippen MR) is 118 cm³/mol. The number of rotatable bonds is 5. The molecule has 0 N–H and O–H groups in total. The lowest BCUT2D eigenvalue weighted by atomic mass is 10.0. The van der Waals surface area contributed by atoms with Crippen molar-refractivity contribution in [2.45, 2.75) is 0 Å². The Labute approximate surface area is 189 Å². The van der Waals surface area contributed by atoms with Crippen molar-refractivity contribution >= 4 is 62.4 Å². The van der Waals surface area contributed by atoms with E-state index < -0.39 is 10.9 Å².